The predicted molar refractivity (Wildman–Crippen MR) is 105 cm³/mol. The van der Waals surface area contributed by atoms with Crippen LogP contribution in [-0.4, -0.2) is 34.8 Å². The Morgan fingerprint density at radius 1 is 1.22 bits per heavy atom. The first-order valence-corrected chi connectivity index (χ1v) is 9.58. The van der Waals surface area contributed by atoms with Gasteiger partial charge in [-0.1, -0.05) is 30.0 Å². The van der Waals surface area contributed by atoms with Crippen LogP contribution in [0.25, 0.3) is 0 Å². The predicted octanol–water partition coefficient (Wildman–Crippen LogP) is 3.52. The fraction of sp³-hybridized carbons (Fsp3) is 0.211. The largest absolute Gasteiger partial charge is 0.454 e. The van der Waals surface area contributed by atoms with Gasteiger partial charge in [0.25, 0.3) is 0 Å². The highest BCUT2D eigenvalue weighted by molar-refractivity contribution is 8.14. The Morgan fingerprint density at radius 2 is 2.11 bits per heavy atom. The number of carbonyl (C=O) groups excluding carboxylic acids is 1. The number of nitrogens with one attached hydrogen (secondary N) is 1. The Labute approximate surface area is 160 Å². The Morgan fingerprint density at radius 3 is 3.07 bits per heavy atom. The molecule has 1 amide bonds. The highest BCUT2D eigenvalue weighted by Crippen LogP contribution is 2.41. The molecule has 3 heterocycles. The second-order valence-corrected chi connectivity index (χ2v) is 7.19. The molecule has 0 unspecified atom stereocenters. The van der Waals surface area contributed by atoms with Gasteiger partial charge in [-0.2, -0.15) is 5.10 Å². The minimum absolute atomic E-state index is 0.111. The summed E-state index contributed by atoms with van der Waals surface area (Å²) in [4.78, 5) is 17.1. The molecule has 27 heavy (non-hydrogen) atoms. The number of carbonyl (C=O) groups is 1. The molecule has 0 saturated heterocycles. The summed E-state index contributed by atoms with van der Waals surface area (Å²) in [5.74, 6) is 1.47. The number of amidine groups is 1. The molecule has 3 aliphatic heterocycles. The highest BCUT2D eigenvalue weighted by atomic mass is 32.2. The lowest BCUT2D eigenvalue weighted by Crippen LogP contribution is -2.29. The number of rotatable bonds is 3. The summed E-state index contributed by atoms with van der Waals surface area (Å²) in [7, 11) is 0. The van der Waals surface area contributed by atoms with E-state index in [1.54, 1.807) is 18.2 Å². The fourth-order valence-corrected chi connectivity index (χ4v) is 4.08. The van der Waals surface area contributed by atoms with Gasteiger partial charge in [0.2, 0.25) is 12.7 Å². The minimum atomic E-state index is -0.111. The van der Waals surface area contributed by atoms with Crippen LogP contribution < -0.4 is 14.8 Å². The van der Waals surface area contributed by atoms with Crippen LogP contribution in [0.5, 0.6) is 11.5 Å². The van der Waals surface area contributed by atoms with Gasteiger partial charge >= 0.3 is 0 Å². The number of para-hydroxylation sites is 1. The van der Waals surface area contributed by atoms with E-state index in [1.807, 2.05) is 29.4 Å². The summed E-state index contributed by atoms with van der Waals surface area (Å²) in [5.41, 5.74) is 2.80. The topological polar surface area (TPSA) is 75.5 Å². The average molecular weight is 380 g/mol. The number of fused-ring (bicyclic) bond motifs is 4. The second kappa shape index (κ2) is 6.62. The van der Waals surface area contributed by atoms with Gasteiger partial charge in [0.15, 0.2) is 16.7 Å². The average Bonchev–Trinajstić information content (AvgIpc) is 3.35. The van der Waals surface area contributed by atoms with E-state index in [0.29, 0.717) is 17.2 Å². The molecule has 0 radical (unpaired) electrons. The van der Waals surface area contributed by atoms with Gasteiger partial charge in [0.05, 0.1) is 17.5 Å². The number of benzene rings is 2. The normalized spacial score (nSPS) is 18.7. The summed E-state index contributed by atoms with van der Waals surface area (Å²) in [5, 5.41) is 9.96. The van der Waals surface area contributed by atoms with Crippen molar-refractivity contribution in [3.05, 3.63) is 48.0 Å². The molecule has 0 bridgehead atoms. The summed E-state index contributed by atoms with van der Waals surface area (Å²) < 4.78 is 10.6. The van der Waals surface area contributed by atoms with Crippen LogP contribution in [0.1, 0.15) is 18.0 Å². The molecule has 5 rings (SSSR count). The second-order valence-electron chi connectivity index (χ2n) is 6.25. The number of amides is 1. The van der Waals surface area contributed by atoms with Crippen LogP contribution in [-0.2, 0) is 4.79 Å². The third kappa shape index (κ3) is 3.02. The van der Waals surface area contributed by atoms with Crippen molar-refractivity contribution >= 4 is 40.4 Å². The van der Waals surface area contributed by atoms with Gasteiger partial charge in [-0.15, -0.1) is 0 Å². The van der Waals surface area contributed by atoms with Gasteiger partial charge in [-0.25, -0.2) is 10.0 Å². The molecule has 7 nitrogen and oxygen atoms in total. The van der Waals surface area contributed by atoms with Crippen LogP contribution in [0.3, 0.4) is 0 Å². The smallest absolute Gasteiger partial charge is 0.234 e. The monoisotopic (exact) mass is 380 g/mol. The number of hydrazone groups is 1. The summed E-state index contributed by atoms with van der Waals surface area (Å²) in [6.07, 6.45) is 2.75. The molecule has 0 aliphatic carbocycles. The quantitative estimate of drug-likeness (QED) is 0.882. The maximum absolute atomic E-state index is 12.4. The molecule has 0 spiro atoms. The number of aliphatic imine (C=N–C) groups is 1. The first kappa shape index (κ1) is 16.2. The van der Waals surface area contributed by atoms with E-state index in [0.717, 1.165) is 17.3 Å². The maximum Gasteiger partial charge on any atom is 0.234 e. The Hall–Kier alpha value is -3.00. The van der Waals surface area contributed by atoms with Crippen LogP contribution in [0.15, 0.2) is 52.6 Å². The lowest BCUT2D eigenvalue weighted by Gasteiger charge is -2.29. The van der Waals surface area contributed by atoms with E-state index >= 15 is 0 Å². The lowest BCUT2D eigenvalue weighted by atomic mass is 10.0. The maximum atomic E-state index is 12.4. The number of nitrogens with zero attached hydrogens (tertiary/aromatic N) is 3. The van der Waals surface area contributed by atoms with Crippen molar-refractivity contribution in [2.75, 3.05) is 17.9 Å². The minimum Gasteiger partial charge on any atom is -0.454 e. The highest BCUT2D eigenvalue weighted by Gasteiger charge is 2.32. The van der Waals surface area contributed by atoms with Crippen molar-refractivity contribution in [3.8, 4) is 11.5 Å². The summed E-state index contributed by atoms with van der Waals surface area (Å²) in [6, 6.07) is 13.6. The van der Waals surface area contributed by atoms with E-state index < -0.39 is 0 Å². The first-order valence-electron chi connectivity index (χ1n) is 8.59. The fourth-order valence-electron chi connectivity index (χ4n) is 3.28. The third-order valence-corrected chi connectivity index (χ3v) is 5.47. The molecule has 2 aromatic carbocycles. The van der Waals surface area contributed by atoms with Crippen LogP contribution in [0.4, 0.5) is 11.4 Å². The standard InChI is InChI=1S/C19H16N4O3S/c24-18(21-12-5-6-16-17(9-12)26-11-25-16)10-27-19-22-14-4-2-1-3-13(14)15-7-8-20-23(15)19/h1-6,8-9,15H,7,10-11H2,(H,21,24)/t15-/m0/s1. The van der Waals surface area contributed by atoms with Gasteiger partial charge in [-0.05, 0) is 18.2 Å². The Bertz CT molecular complexity index is 975. The van der Waals surface area contributed by atoms with Crippen LogP contribution in [0.2, 0.25) is 0 Å². The zero-order chi connectivity index (χ0) is 18.2. The molecule has 0 aromatic heterocycles. The van der Waals surface area contributed by atoms with Crippen molar-refractivity contribution in [2.45, 2.75) is 12.5 Å². The number of ether oxygens (including phenoxy) is 2. The van der Waals surface area contributed by atoms with Crippen molar-refractivity contribution in [1.29, 1.82) is 0 Å². The SMILES string of the molecule is O=C(CSC1=Nc2ccccc2[C@@H]2CC=NN12)Nc1ccc2c(c1)OCO2. The number of anilines is 1. The molecule has 0 fully saturated rings. The molecule has 136 valence electrons. The molecule has 8 heteroatoms. The number of hydrogen-bond donors (Lipinski definition) is 1. The molecule has 2 aromatic rings. The van der Waals surface area contributed by atoms with Crippen molar-refractivity contribution in [2.24, 2.45) is 10.1 Å². The van der Waals surface area contributed by atoms with E-state index in [1.165, 1.54) is 17.3 Å². The molecular weight excluding hydrogens is 364 g/mol. The van der Waals surface area contributed by atoms with Gasteiger partial charge in [-0.3, -0.25) is 4.79 Å². The van der Waals surface area contributed by atoms with Crippen molar-refractivity contribution in [3.63, 3.8) is 0 Å². The third-order valence-electron chi connectivity index (χ3n) is 4.53. The molecule has 0 saturated carbocycles. The number of hydrogen-bond acceptors (Lipinski definition) is 7. The molecule has 1 N–H and O–H groups in total. The van der Waals surface area contributed by atoms with Gasteiger partial charge in [0.1, 0.15) is 0 Å². The van der Waals surface area contributed by atoms with E-state index in [2.05, 4.69) is 21.5 Å². The van der Waals surface area contributed by atoms with Crippen molar-refractivity contribution in [1.82, 2.24) is 5.01 Å². The zero-order valence-electron chi connectivity index (χ0n) is 14.3. The number of thioether (sulfide) groups is 1. The van der Waals surface area contributed by atoms with Crippen LogP contribution in [0, 0.1) is 0 Å². The molecule has 1 atom stereocenters. The summed E-state index contributed by atoms with van der Waals surface area (Å²) in [6.45, 7) is 0.210. The van der Waals surface area contributed by atoms with E-state index in [4.69, 9.17) is 9.47 Å². The molecular formula is C19H16N4O3S. The first-order chi connectivity index (χ1) is 13.3. The van der Waals surface area contributed by atoms with Gasteiger partial charge in [0, 0.05) is 30.0 Å². The summed E-state index contributed by atoms with van der Waals surface area (Å²) >= 11 is 1.38. The Kier molecular flexibility index (Phi) is 3.97. The van der Waals surface area contributed by atoms with Crippen LogP contribution >= 0.6 is 11.8 Å². The zero-order valence-corrected chi connectivity index (χ0v) is 15.1. The van der Waals surface area contributed by atoms with Crippen molar-refractivity contribution < 1.29 is 14.3 Å². The van der Waals surface area contributed by atoms with Gasteiger partial charge < -0.3 is 14.8 Å². The van der Waals surface area contributed by atoms with E-state index in [9.17, 15) is 4.79 Å². The lowest BCUT2D eigenvalue weighted by molar-refractivity contribution is -0.113. The molecule has 3 aliphatic rings. The van der Waals surface area contributed by atoms with E-state index in [-0.39, 0.29) is 24.5 Å². The Balaban J connectivity index is 1.27.